The van der Waals surface area contributed by atoms with E-state index in [0.717, 1.165) is 56.9 Å². The predicted molar refractivity (Wildman–Crippen MR) is 82.7 cm³/mol. The Morgan fingerprint density at radius 3 is 2.86 bits per heavy atom. The third kappa shape index (κ3) is 3.39. The van der Waals surface area contributed by atoms with Crippen LogP contribution in [0.2, 0.25) is 0 Å². The van der Waals surface area contributed by atoms with Gasteiger partial charge < -0.3 is 9.64 Å². The van der Waals surface area contributed by atoms with Gasteiger partial charge in [0.05, 0.1) is 13.2 Å². The summed E-state index contributed by atoms with van der Waals surface area (Å²) in [6, 6.07) is 8.11. The van der Waals surface area contributed by atoms with Gasteiger partial charge in [0.2, 0.25) is 0 Å². The van der Waals surface area contributed by atoms with Crippen molar-refractivity contribution >= 4 is 17.5 Å². The SMILES string of the molecule is O=C(c1cccc(CCl)c1)N1CCC(N2CCOCC2)C1. The maximum absolute atomic E-state index is 12.6. The topological polar surface area (TPSA) is 32.8 Å². The van der Waals surface area contributed by atoms with Gasteiger partial charge in [-0.3, -0.25) is 9.69 Å². The van der Waals surface area contributed by atoms with Crippen LogP contribution in [-0.4, -0.2) is 61.1 Å². The van der Waals surface area contributed by atoms with Crippen molar-refractivity contribution in [3.05, 3.63) is 35.4 Å². The number of amides is 1. The summed E-state index contributed by atoms with van der Waals surface area (Å²) in [5.74, 6) is 0.565. The van der Waals surface area contributed by atoms with Crippen molar-refractivity contribution in [3.8, 4) is 0 Å². The highest BCUT2D eigenvalue weighted by atomic mass is 35.5. The summed E-state index contributed by atoms with van der Waals surface area (Å²) in [5.41, 5.74) is 1.74. The molecule has 4 nitrogen and oxygen atoms in total. The van der Waals surface area contributed by atoms with Crippen LogP contribution in [0, 0.1) is 0 Å². The highest BCUT2D eigenvalue weighted by Crippen LogP contribution is 2.20. The van der Waals surface area contributed by atoms with Gasteiger partial charge >= 0.3 is 0 Å². The molecule has 5 heteroatoms. The summed E-state index contributed by atoms with van der Waals surface area (Å²) in [7, 11) is 0. The maximum Gasteiger partial charge on any atom is 0.253 e. The van der Waals surface area contributed by atoms with Crippen LogP contribution in [0.1, 0.15) is 22.3 Å². The standard InChI is InChI=1S/C16H21ClN2O2/c17-11-13-2-1-3-14(10-13)16(20)19-5-4-15(12-19)18-6-8-21-9-7-18/h1-3,10,15H,4-9,11-12H2. The summed E-state index contributed by atoms with van der Waals surface area (Å²) in [4.78, 5) is 17.0. The zero-order valence-electron chi connectivity index (χ0n) is 12.1. The molecule has 0 bridgehead atoms. The van der Waals surface area contributed by atoms with Crippen LogP contribution in [0.15, 0.2) is 24.3 Å². The Balaban J connectivity index is 1.63. The summed E-state index contributed by atoms with van der Waals surface area (Å²) in [5, 5.41) is 0. The number of ether oxygens (including phenoxy) is 1. The largest absolute Gasteiger partial charge is 0.379 e. The van der Waals surface area contributed by atoms with Gasteiger partial charge in [-0.15, -0.1) is 11.6 Å². The number of alkyl halides is 1. The molecular weight excluding hydrogens is 288 g/mol. The lowest BCUT2D eigenvalue weighted by Gasteiger charge is -2.32. The van der Waals surface area contributed by atoms with Crippen molar-refractivity contribution < 1.29 is 9.53 Å². The van der Waals surface area contributed by atoms with Crippen LogP contribution in [0.3, 0.4) is 0 Å². The van der Waals surface area contributed by atoms with Crippen LogP contribution in [0.4, 0.5) is 0 Å². The second kappa shape index (κ2) is 6.77. The first-order valence-corrected chi connectivity index (χ1v) is 8.07. The quantitative estimate of drug-likeness (QED) is 0.801. The summed E-state index contributed by atoms with van der Waals surface area (Å²) in [6.07, 6.45) is 1.06. The van der Waals surface area contributed by atoms with Gasteiger partial charge in [0.15, 0.2) is 0 Å². The summed E-state index contributed by atoms with van der Waals surface area (Å²) < 4.78 is 5.39. The molecule has 1 unspecified atom stereocenters. The fourth-order valence-corrected chi connectivity index (χ4v) is 3.30. The molecule has 2 aliphatic heterocycles. The molecule has 2 saturated heterocycles. The Morgan fingerprint density at radius 2 is 2.10 bits per heavy atom. The molecule has 0 saturated carbocycles. The molecule has 2 fully saturated rings. The average Bonchev–Trinajstić information content (AvgIpc) is 3.05. The molecule has 3 rings (SSSR count). The fraction of sp³-hybridized carbons (Fsp3) is 0.562. The second-order valence-corrected chi connectivity index (χ2v) is 5.94. The van der Waals surface area contributed by atoms with Gasteiger partial charge in [-0.05, 0) is 24.1 Å². The van der Waals surface area contributed by atoms with E-state index in [0.29, 0.717) is 11.9 Å². The van der Waals surface area contributed by atoms with E-state index in [9.17, 15) is 4.79 Å². The molecule has 0 radical (unpaired) electrons. The molecule has 0 spiro atoms. The number of rotatable bonds is 3. The molecule has 2 aliphatic rings. The van der Waals surface area contributed by atoms with Crippen LogP contribution >= 0.6 is 11.6 Å². The number of hydrogen-bond acceptors (Lipinski definition) is 3. The molecular formula is C16H21ClN2O2. The smallest absolute Gasteiger partial charge is 0.253 e. The molecule has 0 N–H and O–H groups in total. The van der Waals surface area contributed by atoms with Crippen molar-refractivity contribution in [2.24, 2.45) is 0 Å². The number of likely N-dealkylation sites (tertiary alicyclic amines) is 1. The van der Waals surface area contributed by atoms with Crippen LogP contribution in [-0.2, 0) is 10.6 Å². The first-order chi connectivity index (χ1) is 10.3. The third-order valence-electron chi connectivity index (χ3n) is 4.34. The molecule has 1 aromatic carbocycles. The van der Waals surface area contributed by atoms with Crippen molar-refractivity contribution in [2.45, 2.75) is 18.3 Å². The van der Waals surface area contributed by atoms with E-state index in [1.165, 1.54) is 0 Å². The Kier molecular flexibility index (Phi) is 4.78. The lowest BCUT2D eigenvalue weighted by molar-refractivity contribution is 0.0185. The van der Waals surface area contributed by atoms with Crippen molar-refractivity contribution in [2.75, 3.05) is 39.4 Å². The molecule has 114 valence electrons. The van der Waals surface area contributed by atoms with E-state index in [2.05, 4.69) is 4.90 Å². The summed E-state index contributed by atoms with van der Waals surface area (Å²) >= 11 is 5.84. The number of hydrogen-bond donors (Lipinski definition) is 0. The van der Waals surface area contributed by atoms with Crippen LogP contribution < -0.4 is 0 Å². The zero-order valence-corrected chi connectivity index (χ0v) is 12.9. The Morgan fingerprint density at radius 1 is 1.29 bits per heavy atom. The number of morpholine rings is 1. The molecule has 1 amide bonds. The highest BCUT2D eigenvalue weighted by Gasteiger charge is 2.31. The Hall–Kier alpha value is -1.10. The summed E-state index contributed by atoms with van der Waals surface area (Å²) in [6.45, 7) is 5.24. The van der Waals surface area contributed by atoms with E-state index < -0.39 is 0 Å². The minimum Gasteiger partial charge on any atom is -0.379 e. The fourth-order valence-electron chi connectivity index (χ4n) is 3.14. The first-order valence-electron chi connectivity index (χ1n) is 7.54. The van der Waals surface area contributed by atoms with E-state index in [4.69, 9.17) is 16.3 Å². The van der Waals surface area contributed by atoms with E-state index >= 15 is 0 Å². The zero-order chi connectivity index (χ0) is 14.7. The van der Waals surface area contributed by atoms with Crippen molar-refractivity contribution in [1.29, 1.82) is 0 Å². The molecule has 21 heavy (non-hydrogen) atoms. The third-order valence-corrected chi connectivity index (χ3v) is 4.65. The van der Waals surface area contributed by atoms with E-state index in [1.54, 1.807) is 0 Å². The van der Waals surface area contributed by atoms with Gasteiger partial charge in [0.1, 0.15) is 0 Å². The van der Waals surface area contributed by atoms with Crippen LogP contribution in [0.5, 0.6) is 0 Å². The number of benzene rings is 1. The predicted octanol–water partition coefficient (Wildman–Crippen LogP) is 1.97. The lowest BCUT2D eigenvalue weighted by Crippen LogP contribution is -2.45. The average molecular weight is 309 g/mol. The maximum atomic E-state index is 12.6. The minimum absolute atomic E-state index is 0.123. The number of nitrogens with zero attached hydrogens (tertiary/aromatic N) is 2. The van der Waals surface area contributed by atoms with Gasteiger partial charge in [-0.25, -0.2) is 0 Å². The van der Waals surface area contributed by atoms with E-state index in [1.807, 2.05) is 29.2 Å². The molecule has 2 heterocycles. The molecule has 0 aliphatic carbocycles. The van der Waals surface area contributed by atoms with E-state index in [-0.39, 0.29) is 5.91 Å². The molecule has 0 aromatic heterocycles. The molecule has 1 atom stereocenters. The highest BCUT2D eigenvalue weighted by molar-refractivity contribution is 6.17. The first kappa shape index (κ1) is 14.8. The normalized spacial score (nSPS) is 23.5. The Labute approximate surface area is 130 Å². The Bertz CT molecular complexity index is 503. The van der Waals surface area contributed by atoms with Gasteiger partial charge in [0, 0.05) is 43.7 Å². The number of carbonyl (C=O) groups is 1. The van der Waals surface area contributed by atoms with Crippen molar-refractivity contribution in [1.82, 2.24) is 9.80 Å². The van der Waals surface area contributed by atoms with Crippen LogP contribution in [0.25, 0.3) is 0 Å². The van der Waals surface area contributed by atoms with Gasteiger partial charge in [-0.2, -0.15) is 0 Å². The number of carbonyl (C=O) groups excluding carboxylic acids is 1. The minimum atomic E-state index is 0.123. The second-order valence-electron chi connectivity index (χ2n) is 5.68. The lowest BCUT2D eigenvalue weighted by atomic mass is 10.1. The van der Waals surface area contributed by atoms with Crippen molar-refractivity contribution in [3.63, 3.8) is 0 Å². The molecule has 1 aromatic rings. The number of halogens is 1. The van der Waals surface area contributed by atoms with Gasteiger partial charge in [-0.1, -0.05) is 12.1 Å². The monoisotopic (exact) mass is 308 g/mol. The van der Waals surface area contributed by atoms with Gasteiger partial charge in [0.25, 0.3) is 5.91 Å².